The number of nitrogens with one attached hydrogen (secondary N) is 2. The van der Waals surface area contributed by atoms with Gasteiger partial charge in [-0.2, -0.15) is 0 Å². The van der Waals surface area contributed by atoms with Crippen molar-refractivity contribution in [2.45, 2.75) is 26.8 Å². The third-order valence-corrected chi connectivity index (χ3v) is 3.69. The van der Waals surface area contributed by atoms with Gasteiger partial charge in [0.05, 0.1) is 20.3 Å². The van der Waals surface area contributed by atoms with Gasteiger partial charge in [-0.05, 0) is 43.7 Å². The van der Waals surface area contributed by atoms with Crippen LogP contribution < -0.4 is 20.1 Å². The van der Waals surface area contributed by atoms with Gasteiger partial charge in [-0.3, -0.25) is 4.98 Å². The van der Waals surface area contributed by atoms with Crippen molar-refractivity contribution in [3.63, 3.8) is 0 Å². The maximum absolute atomic E-state index is 5.63. The third-order valence-electron chi connectivity index (χ3n) is 3.69. The first kappa shape index (κ1) is 23.0. The summed E-state index contributed by atoms with van der Waals surface area (Å²) in [6, 6.07) is 11.8. The summed E-state index contributed by atoms with van der Waals surface area (Å²) in [6.45, 7) is 6.75. The molecule has 7 heteroatoms. The van der Waals surface area contributed by atoms with Crippen molar-refractivity contribution in [3.8, 4) is 11.5 Å². The molecule has 0 fully saturated rings. The number of hydrogen-bond donors (Lipinski definition) is 2. The van der Waals surface area contributed by atoms with Gasteiger partial charge in [0, 0.05) is 31.4 Å². The predicted molar refractivity (Wildman–Crippen MR) is 120 cm³/mol. The fourth-order valence-electron chi connectivity index (χ4n) is 2.45. The largest absolute Gasteiger partial charge is 0.493 e. The molecule has 0 bridgehead atoms. The molecule has 0 amide bonds. The van der Waals surface area contributed by atoms with Crippen LogP contribution in [0.3, 0.4) is 0 Å². The Morgan fingerprint density at radius 1 is 1.11 bits per heavy atom. The molecule has 0 spiro atoms. The van der Waals surface area contributed by atoms with E-state index in [0.29, 0.717) is 13.2 Å². The molecule has 0 saturated carbocycles. The van der Waals surface area contributed by atoms with Gasteiger partial charge in [0.2, 0.25) is 0 Å². The topological polar surface area (TPSA) is 67.8 Å². The number of pyridine rings is 1. The minimum atomic E-state index is 0. The number of benzene rings is 1. The minimum absolute atomic E-state index is 0. The zero-order valence-electron chi connectivity index (χ0n) is 16.2. The molecule has 0 aliphatic carbocycles. The van der Waals surface area contributed by atoms with E-state index in [1.165, 1.54) is 0 Å². The molecule has 0 saturated heterocycles. The highest BCUT2D eigenvalue weighted by molar-refractivity contribution is 14.0. The molecule has 27 heavy (non-hydrogen) atoms. The number of nitrogens with zero attached hydrogens (tertiary/aromatic N) is 2. The van der Waals surface area contributed by atoms with Crippen molar-refractivity contribution >= 4 is 29.9 Å². The quantitative estimate of drug-likeness (QED) is 0.325. The van der Waals surface area contributed by atoms with E-state index in [2.05, 4.69) is 27.5 Å². The first-order chi connectivity index (χ1) is 12.8. The molecule has 2 N–H and O–H groups in total. The van der Waals surface area contributed by atoms with E-state index in [1.807, 2.05) is 49.5 Å². The molecule has 2 aromatic rings. The second-order valence-electron chi connectivity index (χ2n) is 5.61. The average Bonchev–Trinajstić information content (AvgIpc) is 2.67. The molecule has 0 unspecified atom stereocenters. The summed E-state index contributed by atoms with van der Waals surface area (Å²) in [4.78, 5) is 8.98. The molecule has 1 heterocycles. The van der Waals surface area contributed by atoms with Gasteiger partial charge in [-0.15, -0.1) is 24.0 Å². The Labute approximate surface area is 178 Å². The summed E-state index contributed by atoms with van der Waals surface area (Å²) >= 11 is 0. The van der Waals surface area contributed by atoms with Crippen LogP contribution in [0, 0.1) is 0 Å². The zero-order valence-corrected chi connectivity index (χ0v) is 18.5. The Kier molecular flexibility index (Phi) is 11.2. The van der Waals surface area contributed by atoms with Crippen molar-refractivity contribution in [2.24, 2.45) is 4.99 Å². The number of ether oxygens (including phenoxy) is 2. The van der Waals surface area contributed by atoms with Crippen molar-refractivity contribution < 1.29 is 9.47 Å². The number of rotatable bonds is 9. The van der Waals surface area contributed by atoms with E-state index in [9.17, 15) is 0 Å². The number of aromatic nitrogens is 1. The normalized spacial score (nSPS) is 10.7. The number of halogens is 1. The Morgan fingerprint density at radius 2 is 1.96 bits per heavy atom. The lowest BCUT2D eigenvalue weighted by molar-refractivity contribution is 0.310. The Hall–Kier alpha value is -2.03. The zero-order chi connectivity index (χ0) is 18.6. The molecule has 1 aromatic heterocycles. The first-order valence-electron chi connectivity index (χ1n) is 8.98. The SMILES string of the molecule is CCNC(=NCc1ccc(OC)c(OCC)c1)NCCc1ccccn1.I. The van der Waals surface area contributed by atoms with Gasteiger partial charge in [0.1, 0.15) is 0 Å². The molecule has 0 atom stereocenters. The Balaban J connectivity index is 0.00000364. The third kappa shape index (κ3) is 8.03. The molecule has 0 aliphatic heterocycles. The summed E-state index contributed by atoms with van der Waals surface area (Å²) in [5.41, 5.74) is 2.13. The Morgan fingerprint density at radius 3 is 2.63 bits per heavy atom. The molecule has 2 rings (SSSR count). The molecular weight excluding hydrogens is 455 g/mol. The van der Waals surface area contributed by atoms with Crippen molar-refractivity contribution in [3.05, 3.63) is 53.9 Å². The van der Waals surface area contributed by atoms with E-state index < -0.39 is 0 Å². The molecule has 0 aliphatic rings. The maximum Gasteiger partial charge on any atom is 0.191 e. The van der Waals surface area contributed by atoms with Gasteiger partial charge in [-0.25, -0.2) is 4.99 Å². The lowest BCUT2D eigenvalue weighted by Crippen LogP contribution is -2.38. The maximum atomic E-state index is 5.63. The van der Waals surface area contributed by atoms with Gasteiger partial charge < -0.3 is 20.1 Å². The predicted octanol–water partition coefficient (Wildman–Crippen LogP) is 3.40. The van der Waals surface area contributed by atoms with E-state index in [1.54, 1.807) is 7.11 Å². The van der Waals surface area contributed by atoms with E-state index in [4.69, 9.17) is 9.47 Å². The van der Waals surface area contributed by atoms with Crippen LogP contribution in [-0.4, -0.2) is 37.7 Å². The smallest absolute Gasteiger partial charge is 0.191 e. The highest BCUT2D eigenvalue weighted by Gasteiger charge is 2.05. The molecule has 1 aromatic carbocycles. The molecule has 6 nitrogen and oxygen atoms in total. The summed E-state index contributed by atoms with van der Waals surface area (Å²) < 4.78 is 10.9. The van der Waals surface area contributed by atoms with Crippen molar-refractivity contribution in [2.75, 3.05) is 26.8 Å². The van der Waals surface area contributed by atoms with E-state index in [-0.39, 0.29) is 24.0 Å². The second-order valence-corrected chi connectivity index (χ2v) is 5.61. The van der Waals surface area contributed by atoms with E-state index in [0.717, 1.165) is 48.2 Å². The number of methoxy groups -OCH3 is 1. The number of hydrogen-bond acceptors (Lipinski definition) is 4. The van der Waals surface area contributed by atoms with E-state index >= 15 is 0 Å². The van der Waals surface area contributed by atoms with Crippen LogP contribution in [0.5, 0.6) is 11.5 Å². The first-order valence-corrected chi connectivity index (χ1v) is 8.98. The summed E-state index contributed by atoms with van der Waals surface area (Å²) in [5, 5.41) is 6.61. The number of aliphatic imine (C=N–C) groups is 1. The minimum Gasteiger partial charge on any atom is -0.493 e. The summed E-state index contributed by atoms with van der Waals surface area (Å²) in [6.07, 6.45) is 2.66. The van der Waals surface area contributed by atoms with Crippen LogP contribution in [0.15, 0.2) is 47.6 Å². The van der Waals surface area contributed by atoms with Crippen LogP contribution in [0.4, 0.5) is 0 Å². The van der Waals surface area contributed by atoms with Crippen molar-refractivity contribution in [1.29, 1.82) is 0 Å². The van der Waals surface area contributed by atoms with Gasteiger partial charge in [0.15, 0.2) is 17.5 Å². The van der Waals surface area contributed by atoms with Gasteiger partial charge in [-0.1, -0.05) is 12.1 Å². The second kappa shape index (κ2) is 13.2. The highest BCUT2D eigenvalue weighted by atomic mass is 127. The van der Waals surface area contributed by atoms with Crippen molar-refractivity contribution in [1.82, 2.24) is 15.6 Å². The fourth-order valence-corrected chi connectivity index (χ4v) is 2.45. The molecular formula is C20H29IN4O2. The lowest BCUT2D eigenvalue weighted by Gasteiger charge is -2.12. The standard InChI is InChI=1S/C20H28N4O2.HI/c1-4-21-20(23-13-11-17-8-6-7-12-22-17)24-15-16-9-10-18(25-3)19(14-16)26-5-2;/h6-10,12,14H,4-5,11,13,15H2,1-3H3,(H2,21,23,24);1H. The monoisotopic (exact) mass is 484 g/mol. The van der Waals surface area contributed by atoms with Gasteiger partial charge >= 0.3 is 0 Å². The summed E-state index contributed by atoms with van der Waals surface area (Å²) in [5.74, 6) is 2.27. The van der Waals surface area contributed by atoms with Crippen LogP contribution in [-0.2, 0) is 13.0 Å². The molecule has 148 valence electrons. The van der Waals surface area contributed by atoms with Crippen LogP contribution in [0.25, 0.3) is 0 Å². The molecule has 0 radical (unpaired) electrons. The van der Waals surface area contributed by atoms with Crippen LogP contribution in [0.1, 0.15) is 25.1 Å². The highest BCUT2D eigenvalue weighted by Crippen LogP contribution is 2.28. The van der Waals surface area contributed by atoms with Crippen LogP contribution in [0.2, 0.25) is 0 Å². The lowest BCUT2D eigenvalue weighted by atomic mass is 10.2. The Bertz CT molecular complexity index is 696. The fraction of sp³-hybridized carbons (Fsp3) is 0.400. The van der Waals surface area contributed by atoms with Gasteiger partial charge in [0.25, 0.3) is 0 Å². The summed E-state index contributed by atoms with van der Waals surface area (Å²) in [7, 11) is 1.64. The van der Waals surface area contributed by atoms with Crippen LogP contribution >= 0.6 is 24.0 Å². The number of guanidine groups is 1. The average molecular weight is 484 g/mol.